The van der Waals surface area contributed by atoms with E-state index in [0.717, 1.165) is 0 Å². The molecule has 0 fully saturated rings. The Labute approximate surface area is 129 Å². The lowest BCUT2D eigenvalue weighted by atomic mass is 10.1. The van der Waals surface area contributed by atoms with Crippen molar-refractivity contribution >= 4 is 66.3 Å². The fourth-order valence-electron chi connectivity index (χ4n) is 2.41. The first kappa shape index (κ1) is 12.3. The van der Waals surface area contributed by atoms with E-state index in [4.69, 9.17) is 0 Å². The molecule has 0 spiro atoms. The van der Waals surface area contributed by atoms with Crippen molar-refractivity contribution in [2.24, 2.45) is 0 Å². The maximum Gasteiger partial charge on any atom is 0.0356 e. The fourth-order valence-corrected chi connectivity index (χ4v) is 4.95. The zero-order valence-electron chi connectivity index (χ0n) is 10.9. The molecule has 0 atom stereocenters. The Balaban J connectivity index is 1.84. The van der Waals surface area contributed by atoms with Gasteiger partial charge >= 0.3 is 0 Å². The smallest absolute Gasteiger partial charge is 0.0356 e. The number of aryl methyl sites for hydroxylation is 1. The highest BCUT2D eigenvalue weighted by molar-refractivity contribution is 7.21. The van der Waals surface area contributed by atoms with Crippen molar-refractivity contribution in [3.63, 3.8) is 0 Å². The molecule has 0 amide bonds. The van der Waals surface area contributed by atoms with Crippen LogP contribution in [0.1, 0.15) is 14.6 Å². The van der Waals surface area contributed by atoms with E-state index in [0.29, 0.717) is 0 Å². The molecule has 0 nitrogen and oxygen atoms in total. The first-order valence-corrected chi connectivity index (χ1v) is 8.95. The Morgan fingerprint density at radius 3 is 2.40 bits per heavy atom. The van der Waals surface area contributed by atoms with Gasteiger partial charge in [-0.15, -0.1) is 34.0 Å². The number of thiophene rings is 3. The Bertz CT molecular complexity index is 905. The van der Waals surface area contributed by atoms with E-state index in [1.54, 1.807) is 11.3 Å². The number of benzene rings is 1. The minimum absolute atomic E-state index is 1.30. The molecule has 0 aliphatic carbocycles. The summed E-state index contributed by atoms with van der Waals surface area (Å²) in [5.74, 6) is 0. The molecule has 3 aromatic heterocycles. The van der Waals surface area contributed by atoms with E-state index < -0.39 is 0 Å². The van der Waals surface area contributed by atoms with E-state index >= 15 is 0 Å². The van der Waals surface area contributed by atoms with Crippen LogP contribution in [-0.4, -0.2) is 0 Å². The molecule has 3 heteroatoms. The molecule has 98 valence electrons. The number of rotatable bonds is 2. The summed E-state index contributed by atoms with van der Waals surface area (Å²) in [5, 5.41) is 4.90. The molecule has 0 radical (unpaired) electrons. The van der Waals surface area contributed by atoms with Crippen LogP contribution in [0.2, 0.25) is 0 Å². The number of hydrogen-bond acceptors (Lipinski definition) is 3. The van der Waals surface area contributed by atoms with E-state index in [1.165, 1.54) is 34.8 Å². The van der Waals surface area contributed by atoms with Gasteiger partial charge in [0.2, 0.25) is 0 Å². The maximum absolute atomic E-state index is 2.32. The molecule has 0 N–H and O–H groups in total. The van der Waals surface area contributed by atoms with Gasteiger partial charge in [0.1, 0.15) is 0 Å². The van der Waals surface area contributed by atoms with Gasteiger partial charge in [-0.1, -0.05) is 6.07 Å². The summed E-state index contributed by atoms with van der Waals surface area (Å²) in [6.45, 7) is 2.18. The minimum atomic E-state index is 1.30. The van der Waals surface area contributed by atoms with Crippen LogP contribution >= 0.6 is 34.0 Å². The second-order valence-corrected chi connectivity index (χ2v) is 8.13. The van der Waals surface area contributed by atoms with Gasteiger partial charge in [-0.3, -0.25) is 0 Å². The van der Waals surface area contributed by atoms with Crippen molar-refractivity contribution in [2.45, 2.75) is 6.92 Å². The predicted molar refractivity (Wildman–Crippen MR) is 95.2 cm³/mol. The summed E-state index contributed by atoms with van der Waals surface area (Å²) in [4.78, 5) is 4.01. The van der Waals surface area contributed by atoms with Crippen LogP contribution in [0.4, 0.5) is 0 Å². The van der Waals surface area contributed by atoms with E-state index in [9.17, 15) is 0 Å². The summed E-state index contributed by atoms with van der Waals surface area (Å²) in [5.41, 5.74) is 0. The minimum Gasteiger partial charge on any atom is -0.144 e. The molecule has 0 saturated heterocycles. The molecule has 0 aliphatic rings. The quantitative estimate of drug-likeness (QED) is 0.388. The fraction of sp³-hybridized carbons (Fsp3) is 0.0588. The van der Waals surface area contributed by atoms with Gasteiger partial charge < -0.3 is 0 Å². The van der Waals surface area contributed by atoms with Crippen LogP contribution in [0.15, 0.2) is 41.8 Å². The standard InChI is InChI=1S/C17H12S3/c1-11-9-14-15-10-13(5-4-12-3-2-8-18-12)20-17(15)7-6-16(14)19-11/h2-10H,1H3/b5-4+. The summed E-state index contributed by atoms with van der Waals surface area (Å²) < 4.78 is 2.77. The third-order valence-electron chi connectivity index (χ3n) is 3.30. The zero-order valence-corrected chi connectivity index (χ0v) is 13.4. The first-order valence-electron chi connectivity index (χ1n) is 6.44. The molecule has 0 unspecified atom stereocenters. The Kier molecular flexibility index (Phi) is 2.99. The highest BCUT2D eigenvalue weighted by atomic mass is 32.1. The Morgan fingerprint density at radius 2 is 1.60 bits per heavy atom. The van der Waals surface area contributed by atoms with Gasteiger partial charge in [0.05, 0.1) is 0 Å². The van der Waals surface area contributed by atoms with E-state index in [2.05, 4.69) is 60.9 Å². The maximum atomic E-state index is 2.32. The third kappa shape index (κ3) is 2.12. The van der Waals surface area contributed by atoms with Gasteiger partial charge in [-0.2, -0.15) is 0 Å². The zero-order chi connectivity index (χ0) is 13.5. The van der Waals surface area contributed by atoms with Crippen LogP contribution < -0.4 is 0 Å². The summed E-state index contributed by atoms with van der Waals surface area (Å²) >= 11 is 5.52. The van der Waals surface area contributed by atoms with Crippen molar-refractivity contribution in [3.8, 4) is 0 Å². The molecule has 0 bridgehead atoms. The van der Waals surface area contributed by atoms with Gasteiger partial charge in [0.15, 0.2) is 0 Å². The lowest BCUT2D eigenvalue weighted by Crippen LogP contribution is -1.63. The van der Waals surface area contributed by atoms with Crippen LogP contribution in [0.3, 0.4) is 0 Å². The number of fused-ring (bicyclic) bond motifs is 3. The molecule has 0 saturated carbocycles. The lowest BCUT2D eigenvalue weighted by Gasteiger charge is -1.90. The molecule has 20 heavy (non-hydrogen) atoms. The van der Waals surface area contributed by atoms with Crippen LogP contribution in [-0.2, 0) is 0 Å². The summed E-state index contributed by atoms with van der Waals surface area (Å²) in [7, 11) is 0. The normalized spacial score (nSPS) is 12.1. The van der Waals surface area contributed by atoms with Crippen LogP contribution in [0.5, 0.6) is 0 Å². The van der Waals surface area contributed by atoms with Crippen LogP contribution in [0.25, 0.3) is 32.3 Å². The molecule has 3 heterocycles. The molecule has 4 rings (SSSR count). The first-order chi connectivity index (χ1) is 9.79. The highest BCUT2D eigenvalue weighted by Gasteiger charge is 2.06. The lowest BCUT2D eigenvalue weighted by molar-refractivity contribution is 1.66. The molecular weight excluding hydrogens is 300 g/mol. The Morgan fingerprint density at radius 1 is 0.850 bits per heavy atom. The predicted octanol–water partition coefficient (Wildman–Crippen LogP) is 6.66. The van der Waals surface area contributed by atoms with Gasteiger partial charge in [0.25, 0.3) is 0 Å². The van der Waals surface area contributed by atoms with E-state index in [1.807, 2.05) is 22.7 Å². The molecule has 4 aromatic rings. The summed E-state index contributed by atoms with van der Waals surface area (Å²) in [6, 6.07) is 13.4. The van der Waals surface area contributed by atoms with E-state index in [-0.39, 0.29) is 0 Å². The second kappa shape index (κ2) is 4.85. The van der Waals surface area contributed by atoms with Crippen molar-refractivity contribution in [2.75, 3.05) is 0 Å². The SMILES string of the molecule is Cc1cc2c(ccc3sc(/C=C/c4cccs4)cc32)s1. The monoisotopic (exact) mass is 312 g/mol. The molecule has 0 aliphatic heterocycles. The average molecular weight is 312 g/mol. The largest absolute Gasteiger partial charge is 0.144 e. The van der Waals surface area contributed by atoms with Gasteiger partial charge in [-0.05, 0) is 54.8 Å². The number of hydrogen-bond donors (Lipinski definition) is 0. The van der Waals surface area contributed by atoms with Crippen molar-refractivity contribution in [1.29, 1.82) is 0 Å². The van der Waals surface area contributed by atoms with Crippen molar-refractivity contribution < 1.29 is 0 Å². The van der Waals surface area contributed by atoms with Crippen LogP contribution in [0, 0.1) is 6.92 Å². The van der Waals surface area contributed by atoms with Crippen molar-refractivity contribution in [1.82, 2.24) is 0 Å². The summed E-state index contributed by atoms with van der Waals surface area (Å²) in [6.07, 6.45) is 4.42. The molecular formula is C17H12S3. The third-order valence-corrected chi connectivity index (χ3v) is 6.21. The van der Waals surface area contributed by atoms with Crippen molar-refractivity contribution in [3.05, 3.63) is 56.4 Å². The Hall–Kier alpha value is -1.42. The molecule has 1 aromatic carbocycles. The highest BCUT2D eigenvalue weighted by Crippen LogP contribution is 2.36. The second-order valence-electron chi connectivity index (χ2n) is 4.74. The van der Waals surface area contributed by atoms with Gasteiger partial charge in [-0.25, -0.2) is 0 Å². The topological polar surface area (TPSA) is 0 Å². The van der Waals surface area contributed by atoms with Gasteiger partial charge in [0, 0.05) is 34.8 Å². The average Bonchev–Trinajstić information content (AvgIpc) is 3.13.